The number of amides is 1. The fourth-order valence-corrected chi connectivity index (χ4v) is 2.72. The number of ether oxygens (including phenoxy) is 1. The molecule has 1 saturated carbocycles. The van der Waals surface area contributed by atoms with E-state index in [-0.39, 0.29) is 24.6 Å². The van der Waals surface area contributed by atoms with Crippen molar-refractivity contribution in [2.24, 2.45) is 0 Å². The molecule has 0 radical (unpaired) electrons. The highest BCUT2D eigenvalue weighted by molar-refractivity contribution is 5.94. The average molecular weight is 365 g/mol. The van der Waals surface area contributed by atoms with Crippen molar-refractivity contribution in [2.45, 2.75) is 31.9 Å². The van der Waals surface area contributed by atoms with Crippen molar-refractivity contribution < 1.29 is 9.53 Å². The minimum atomic E-state index is -0.324. The summed E-state index contributed by atoms with van der Waals surface area (Å²) in [4.78, 5) is 31.1. The maximum Gasteiger partial charge on any atom is 0.251 e. The lowest BCUT2D eigenvalue weighted by atomic mass is 10.1. The Kier molecular flexibility index (Phi) is 4.69. The monoisotopic (exact) mass is 365 g/mol. The number of benzene rings is 1. The SMILES string of the molecule is O=C(NCc1n[nH]c(COc2ccccc2)n1)c1cc(C2CC2)[nH]c(=O)c1. The van der Waals surface area contributed by atoms with Crippen molar-refractivity contribution in [3.63, 3.8) is 0 Å². The summed E-state index contributed by atoms with van der Waals surface area (Å²) in [6.45, 7) is 0.413. The van der Waals surface area contributed by atoms with Crippen molar-refractivity contribution in [3.05, 3.63) is 75.7 Å². The van der Waals surface area contributed by atoms with E-state index in [0.29, 0.717) is 23.1 Å². The zero-order chi connectivity index (χ0) is 18.6. The number of nitrogens with one attached hydrogen (secondary N) is 3. The molecule has 2 heterocycles. The van der Waals surface area contributed by atoms with Gasteiger partial charge in [-0.15, -0.1) is 0 Å². The number of aromatic amines is 2. The molecular weight excluding hydrogens is 346 g/mol. The van der Waals surface area contributed by atoms with Crippen LogP contribution in [0, 0.1) is 0 Å². The van der Waals surface area contributed by atoms with Crippen molar-refractivity contribution >= 4 is 5.91 Å². The van der Waals surface area contributed by atoms with E-state index in [4.69, 9.17) is 4.74 Å². The van der Waals surface area contributed by atoms with Crippen LogP contribution in [0.1, 0.15) is 46.5 Å². The summed E-state index contributed by atoms with van der Waals surface area (Å²) >= 11 is 0. The number of nitrogens with zero attached hydrogens (tertiary/aromatic N) is 2. The van der Waals surface area contributed by atoms with Crippen LogP contribution in [-0.2, 0) is 13.2 Å². The largest absolute Gasteiger partial charge is 0.486 e. The highest BCUT2D eigenvalue weighted by Crippen LogP contribution is 2.38. The first-order valence-corrected chi connectivity index (χ1v) is 8.78. The average Bonchev–Trinajstić information content (AvgIpc) is 3.44. The van der Waals surface area contributed by atoms with Crippen LogP contribution in [0.4, 0.5) is 0 Å². The number of pyridine rings is 1. The first kappa shape index (κ1) is 17.0. The van der Waals surface area contributed by atoms with Gasteiger partial charge in [-0.3, -0.25) is 14.7 Å². The highest BCUT2D eigenvalue weighted by atomic mass is 16.5. The Balaban J connectivity index is 1.33. The van der Waals surface area contributed by atoms with Crippen molar-refractivity contribution in [1.29, 1.82) is 0 Å². The second-order valence-corrected chi connectivity index (χ2v) is 6.45. The van der Waals surface area contributed by atoms with Gasteiger partial charge in [0.1, 0.15) is 12.4 Å². The summed E-state index contributed by atoms with van der Waals surface area (Å²) in [5.41, 5.74) is 0.914. The van der Waals surface area contributed by atoms with Crippen LogP contribution in [0.15, 0.2) is 47.3 Å². The Hall–Kier alpha value is -3.42. The molecule has 0 saturated heterocycles. The molecule has 4 rings (SSSR count). The van der Waals surface area contributed by atoms with Gasteiger partial charge in [0.05, 0.1) is 6.54 Å². The summed E-state index contributed by atoms with van der Waals surface area (Å²) in [6, 6.07) is 12.4. The van der Waals surface area contributed by atoms with Crippen LogP contribution in [0.2, 0.25) is 0 Å². The van der Waals surface area contributed by atoms with E-state index in [0.717, 1.165) is 24.3 Å². The lowest BCUT2D eigenvalue weighted by Crippen LogP contribution is -2.25. The third kappa shape index (κ3) is 4.41. The van der Waals surface area contributed by atoms with Crippen molar-refractivity contribution in [2.75, 3.05) is 0 Å². The zero-order valence-electron chi connectivity index (χ0n) is 14.6. The van der Waals surface area contributed by atoms with Gasteiger partial charge in [-0.2, -0.15) is 5.10 Å². The van der Waals surface area contributed by atoms with Gasteiger partial charge in [0, 0.05) is 17.3 Å². The van der Waals surface area contributed by atoms with Gasteiger partial charge in [0.15, 0.2) is 11.6 Å². The van der Waals surface area contributed by atoms with Gasteiger partial charge in [0.2, 0.25) is 5.56 Å². The molecule has 0 aliphatic heterocycles. The molecule has 1 aliphatic rings. The van der Waals surface area contributed by atoms with E-state index in [1.54, 1.807) is 6.07 Å². The molecule has 0 spiro atoms. The topological polar surface area (TPSA) is 113 Å². The standard InChI is InChI=1S/C19H19N5O3/c25-18-9-13(8-15(21-18)12-6-7-12)19(26)20-10-16-22-17(24-23-16)11-27-14-4-2-1-3-5-14/h1-5,8-9,12H,6-7,10-11H2,(H,20,26)(H,21,25)(H,22,23,24). The van der Waals surface area contributed by atoms with Crippen LogP contribution < -0.4 is 15.6 Å². The van der Waals surface area contributed by atoms with Crippen molar-refractivity contribution in [1.82, 2.24) is 25.5 Å². The number of aromatic nitrogens is 4. The van der Waals surface area contributed by atoms with Gasteiger partial charge in [-0.25, -0.2) is 4.98 Å². The maximum atomic E-state index is 12.3. The Morgan fingerprint density at radius 2 is 2.04 bits per heavy atom. The number of rotatable bonds is 7. The number of H-pyrrole nitrogens is 2. The van der Waals surface area contributed by atoms with Crippen molar-refractivity contribution in [3.8, 4) is 5.75 Å². The van der Waals surface area contributed by atoms with E-state index in [2.05, 4.69) is 25.5 Å². The van der Waals surface area contributed by atoms with Crippen LogP contribution >= 0.6 is 0 Å². The lowest BCUT2D eigenvalue weighted by Gasteiger charge is -2.05. The maximum absolute atomic E-state index is 12.3. The molecule has 0 atom stereocenters. The number of carbonyl (C=O) groups is 1. The van der Waals surface area contributed by atoms with Gasteiger partial charge >= 0.3 is 0 Å². The third-order valence-corrected chi connectivity index (χ3v) is 4.25. The molecule has 1 fully saturated rings. The lowest BCUT2D eigenvalue weighted by molar-refractivity contribution is 0.0949. The second kappa shape index (κ2) is 7.45. The Morgan fingerprint density at radius 3 is 2.81 bits per heavy atom. The summed E-state index contributed by atoms with van der Waals surface area (Å²) in [6.07, 6.45) is 2.10. The fourth-order valence-electron chi connectivity index (χ4n) is 2.72. The van der Waals surface area contributed by atoms with Crippen LogP contribution in [0.25, 0.3) is 0 Å². The van der Waals surface area contributed by atoms with Gasteiger partial charge in [0.25, 0.3) is 5.91 Å². The third-order valence-electron chi connectivity index (χ3n) is 4.25. The van der Waals surface area contributed by atoms with Gasteiger partial charge in [-0.1, -0.05) is 18.2 Å². The van der Waals surface area contributed by atoms with E-state index >= 15 is 0 Å². The van der Waals surface area contributed by atoms with E-state index in [9.17, 15) is 9.59 Å². The van der Waals surface area contributed by atoms with Gasteiger partial charge < -0.3 is 15.0 Å². The number of hydrogen-bond donors (Lipinski definition) is 3. The van der Waals surface area contributed by atoms with Gasteiger partial charge in [-0.05, 0) is 37.0 Å². The molecular formula is C19H19N5O3. The Bertz CT molecular complexity index is 992. The molecule has 8 heteroatoms. The van der Waals surface area contributed by atoms with Crippen LogP contribution in [0.3, 0.4) is 0 Å². The second-order valence-electron chi connectivity index (χ2n) is 6.45. The zero-order valence-corrected chi connectivity index (χ0v) is 14.6. The molecule has 0 bridgehead atoms. The smallest absolute Gasteiger partial charge is 0.251 e. The molecule has 8 nitrogen and oxygen atoms in total. The first-order valence-electron chi connectivity index (χ1n) is 8.78. The van der Waals surface area contributed by atoms with Crippen LogP contribution in [-0.4, -0.2) is 26.1 Å². The summed E-state index contributed by atoms with van der Waals surface area (Å²) in [7, 11) is 0. The Labute approximate surface area is 155 Å². The molecule has 1 amide bonds. The first-order chi connectivity index (χ1) is 13.2. The Morgan fingerprint density at radius 1 is 1.22 bits per heavy atom. The number of carbonyl (C=O) groups excluding carboxylic acids is 1. The highest BCUT2D eigenvalue weighted by Gasteiger charge is 2.25. The molecule has 0 unspecified atom stereocenters. The predicted octanol–water partition coefficient (Wildman–Crippen LogP) is 1.88. The molecule has 27 heavy (non-hydrogen) atoms. The van der Waals surface area contributed by atoms with E-state index < -0.39 is 0 Å². The summed E-state index contributed by atoms with van der Waals surface area (Å²) < 4.78 is 5.60. The molecule has 3 aromatic rings. The molecule has 138 valence electrons. The van der Waals surface area contributed by atoms with E-state index in [1.807, 2.05) is 30.3 Å². The summed E-state index contributed by atoms with van der Waals surface area (Å²) in [5.74, 6) is 1.79. The molecule has 1 aliphatic carbocycles. The molecule has 2 aromatic heterocycles. The fraction of sp³-hybridized carbons (Fsp3) is 0.263. The normalized spacial score (nSPS) is 13.3. The van der Waals surface area contributed by atoms with E-state index in [1.165, 1.54) is 6.07 Å². The number of para-hydroxylation sites is 1. The molecule has 3 N–H and O–H groups in total. The minimum Gasteiger partial charge on any atom is -0.486 e. The summed E-state index contributed by atoms with van der Waals surface area (Å²) in [5, 5.41) is 9.60. The quantitative estimate of drug-likeness (QED) is 0.592. The van der Waals surface area contributed by atoms with Crippen LogP contribution in [0.5, 0.6) is 5.75 Å². The number of hydrogen-bond acceptors (Lipinski definition) is 5. The minimum absolute atomic E-state index is 0.159. The molecule has 1 aromatic carbocycles. The predicted molar refractivity (Wildman–Crippen MR) is 97.4 cm³/mol.